The molecule has 0 aliphatic heterocycles. The van der Waals surface area contributed by atoms with Gasteiger partial charge in [-0.3, -0.25) is 15.1 Å². The molecule has 0 fully saturated rings. The highest BCUT2D eigenvalue weighted by Crippen LogP contribution is 2.28. The zero-order chi connectivity index (χ0) is 22.8. The van der Waals surface area contributed by atoms with Gasteiger partial charge in [0, 0.05) is 23.6 Å². The molecule has 3 rings (SSSR count). The minimum atomic E-state index is -0.304. The van der Waals surface area contributed by atoms with Gasteiger partial charge in [-0.15, -0.1) is 0 Å². The molecule has 0 saturated carbocycles. The molecule has 0 aliphatic carbocycles. The van der Waals surface area contributed by atoms with Crippen LogP contribution >= 0.6 is 0 Å². The van der Waals surface area contributed by atoms with E-state index in [1.807, 2.05) is 57.2 Å². The molecule has 1 heterocycles. The first-order valence-corrected chi connectivity index (χ1v) is 10.6. The van der Waals surface area contributed by atoms with Crippen LogP contribution < -0.4 is 20.1 Å². The van der Waals surface area contributed by atoms with E-state index in [0.717, 1.165) is 16.8 Å². The number of carbonyl (C=O) groups is 1. The van der Waals surface area contributed by atoms with Crippen molar-refractivity contribution >= 4 is 17.6 Å². The summed E-state index contributed by atoms with van der Waals surface area (Å²) in [7, 11) is 0. The Morgan fingerprint density at radius 1 is 0.938 bits per heavy atom. The van der Waals surface area contributed by atoms with Crippen LogP contribution in [-0.2, 0) is 6.54 Å². The first-order valence-electron chi connectivity index (χ1n) is 10.6. The van der Waals surface area contributed by atoms with Crippen molar-refractivity contribution in [2.45, 2.75) is 27.3 Å². The van der Waals surface area contributed by atoms with Crippen molar-refractivity contribution in [3.8, 4) is 11.5 Å². The molecule has 2 N–H and O–H groups in total. The van der Waals surface area contributed by atoms with Crippen LogP contribution in [0.25, 0.3) is 0 Å². The van der Waals surface area contributed by atoms with E-state index in [1.165, 1.54) is 0 Å². The molecule has 0 spiro atoms. The van der Waals surface area contributed by atoms with Crippen LogP contribution in [0.1, 0.15) is 35.3 Å². The average Bonchev–Trinajstić information content (AvgIpc) is 2.81. The smallest absolute Gasteiger partial charge is 0.258 e. The van der Waals surface area contributed by atoms with Crippen LogP contribution in [0, 0.1) is 6.92 Å². The number of benzene rings is 2. The summed E-state index contributed by atoms with van der Waals surface area (Å²) in [6.45, 7) is 7.18. The zero-order valence-corrected chi connectivity index (χ0v) is 18.6. The third-order valence-corrected chi connectivity index (χ3v) is 4.52. The van der Waals surface area contributed by atoms with Crippen molar-refractivity contribution in [3.05, 3.63) is 83.7 Å². The summed E-state index contributed by atoms with van der Waals surface area (Å²) in [6, 6.07) is 16.7. The second-order valence-electron chi connectivity index (χ2n) is 6.99. The van der Waals surface area contributed by atoms with Crippen LogP contribution in [0.15, 0.2) is 72.0 Å². The molecule has 7 heteroatoms. The number of hydrogen-bond donors (Lipinski definition) is 2. The van der Waals surface area contributed by atoms with Crippen LogP contribution in [0.5, 0.6) is 11.5 Å². The minimum Gasteiger partial charge on any atom is -0.490 e. The molecule has 3 aromatic rings. The fourth-order valence-corrected chi connectivity index (χ4v) is 2.91. The van der Waals surface area contributed by atoms with Crippen molar-refractivity contribution in [3.63, 3.8) is 0 Å². The number of anilines is 1. The largest absolute Gasteiger partial charge is 0.490 e. The molecule has 1 amide bonds. The number of nitrogens with one attached hydrogen (secondary N) is 2. The van der Waals surface area contributed by atoms with Gasteiger partial charge in [0.25, 0.3) is 5.91 Å². The molecule has 0 unspecified atom stereocenters. The number of pyridine rings is 1. The van der Waals surface area contributed by atoms with Gasteiger partial charge in [-0.05, 0) is 68.8 Å². The van der Waals surface area contributed by atoms with Gasteiger partial charge in [-0.25, -0.2) is 4.99 Å². The SMILES string of the molecule is CCOc1ccc(C(=O)NC(=NCc2ccncc2)Nc2ccc(C)cc2)cc1OCC. The lowest BCUT2D eigenvalue weighted by Crippen LogP contribution is -2.36. The van der Waals surface area contributed by atoms with E-state index in [2.05, 4.69) is 20.6 Å². The first kappa shape index (κ1) is 22.8. The third kappa shape index (κ3) is 6.57. The van der Waals surface area contributed by atoms with Crippen LogP contribution in [-0.4, -0.2) is 30.1 Å². The summed E-state index contributed by atoms with van der Waals surface area (Å²) in [5.74, 6) is 1.18. The number of amides is 1. The number of guanidine groups is 1. The standard InChI is InChI=1S/C25H28N4O3/c1-4-31-22-11-8-20(16-23(22)32-5-2)24(30)29-25(27-17-19-12-14-26-15-13-19)28-21-9-6-18(3)7-10-21/h6-16H,4-5,17H2,1-3H3,(H2,27,28,29,30). The number of aromatic nitrogens is 1. The molecule has 0 radical (unpaired) electrons. The van der Waals surface area contributed by atoms with Gasteiger partial charge in [-0.1, -0.05) is 17.7 Å². The van der Waals surface area contributed by atoms with Crippen LogP contribution in [0.4, 0.5) is 5.69 Å². The molecule has 7 nitrogen and oxygen atoms in total. The summed E-state index contributed by atoms with van der Waals surface area (Å²) in [4.78, 5) is 21.6. The number of ether oxygens (including phenoxy) is 2. The summed E-state index contributed by atoms with van der Waals surface area (Å²) in [6.07, 6.45) is 3.43. The summed E-state index contributed by atoms with van der Waals surface area (Å²) in [5, 5.41) is 6.07. The Balaban J connectivity index is 1.81. The lowest BCUT2D eigenvalue weighted by molar-refractivity contribution is 0.0976. The van der Waals surface area contributed by atoms with Crippen molar-refractivity contribution in [1.29, 1.82) is 0 Å². The number of carbonyl (C=O) groups excluding carboxylic acids is 1. The van der Waals surface area contributed by atoms with Crippen molar-refractivity contribution in [2.75, 3.05) is 18.5 Å². The molecule has 0 bridgehead atoms. The minimum absolute atomic E-state index is 0.304. The lowest BCUT2D eigenvalue weighted by Gasteiger charge is -2.14. The number of rotatable bonds is 8. The Hall–Kier alpha value is -3.87. The van der Waals surface area contributed by atoms with E-state index < -0.39 is 0 Å². The van der Waals surface area contributed by atoms with E-state index >= 15 is 0 Å². The maximum absolute atomic E-state index is 13.0. The number of aryl methyl sites for hydroxylation is 1. The predicted octanol–water partition coefficient (Wildman–Crippen LogP) is 4.59. The molecular formula is C25H28N4O3. The average molecular weight is 433 g/mol. The highest BCUT2D eigenvalue weighted by atomic mass is 16.5. The molecule has 0 atom stereocenters. The lowest BCUT2D eigenvalue weighted by atomic mass is 10.2. The fourth-order valence-electron chi connectivity index (χ4n) is 2.91. The number of aliphatic imine (C=N–C) groups is 1. The monoisotopic (exact) mass is 432 g/mol. The van der Waals surface area contributed by atoms with Crippen LogP contribution in [0.3, 0.4) is 0 Å². The topological polar surface area (TPSA) is 84.8 Å². The van der Waals surface area contributed by atoms with Gasteiger partial charge in [0.05, 0.1) is 19.8 Å². The Bertz CT molecular complexity index is 1050. The van der Waals surface area contributed by atoms with E-state index in [1.54, 1.807) is 30.6 Å². The molecule has 0 saturated heterocycles. The van der Waals surface area contributed by atoms with Gasteiger partial charge >= 0.3 is 0 Å². The predicted molar refractivity (Wildman–Crippen MR) is 126 cm³/mol. The van der Waals surface area contributed by atoms with Gasteiger partial charge in [-0.2, -0.15) is 0 Å². The Morgan fingerprint density at radius 2 is 1.62 bits per heavy atom. The highest BCUT2D eigenvalue weighted by Gasteiger charge is 2.14. The Morgan fingerprint density at radius 3 is 2.31 bits per heavy atom. The van der Waals surface area contributed by atoms with Gasteiger partial charge in [0.1, 0.15) is 0 Å². The number of hydrogen-bond acceptors (Lipinski definition) is 5. The molecular weight excluding hydrogens is 404 g/mol. The second-order valence-corrected chi connectivity index (χ2v) is 6.99. The van der Waals surface area contributed by atoms with E-state index in [-0.39, 0.29) is 5.91 Å². The van der Waals surface area contributed by atoms with Crippen molar-refractivity contribution in [1.82, 2.24) is 10.3 Å². The van der Waals surface area contributed by atoms with Gasteiger partial charge in [0.2, 0.25) is 5.96 Å². The maximum Gasteiger partial charge on any atom is 0.258 e. The van der Waals surface area contributed by atoms with E-state index in [4.69, 9.17) is 9.47 Å². The molecule has 166 valence electrons. The van der Waals surface area contributed by atoms with E-state index in [0.29, 0.717) is 42.8 Å². The number of nitrogens with zero attached hydrogens (tertiary/aromatic N) is 2. The summed E-state index contributed by atoms with van der Waals surface area (Å²) >= 11 is 0. The van der Waals surface area contributed by atoms with Crippen LogP contribution in [0.2, 0.25) is 0 Å². The molecule has 2 aromatic carbocycles. The summed E-state index contributed by atoms with van der Waals surface area (Å²) < 4.78 is 11.2. The molecule has 1 aromatic heterocycles. The van der Waals surface area contributed by atoms with E-state index in [9.17, 15) is 4.79 Å². The maximum atomic E-state index is 13.0. The van der Waals surface area contributed by atoms with Gasteiger partial charge < -0.3 is 14.8 Å². The van der Waals surface area contributed by atoms with Crippen molar-refractivity contribution < 1.29 is 14.3 Å². The summed E-state index contributed by atoms with van der Waals surface area (Å²) in [5.41, 5.74) is 3.40. The normalized spacial score (nSPS) is 11.0. The second kappa shape index (κ2) is 11.5. The first-order chi connectivity index (χ1) is 15.6. The van der Waals surface area contributed by atoms with Gasteiger partial charge in [0.15, 0.2) is 11.5 Å². The zero-order valence-electron chi connectivity index (χ0n) is 18.6. The fraction of sp³-hybridized carbons (Fsp3) is 0.240. The third-order valence-electron chi connectivity index (χ3n) is 4.52. The Kier molecular flexibility index (Phi) is 8.20. The van der Waals surface area contributed by atoms with Crippen molar-refractivity contribution in [2.24, 2.45) is 4.99 Å². The highest BCUT2D eigenvalue weighted by molar-refractivity contribution is 6.10. The quantitative estimate of drug-likeness (QED) is 0.402. The Labute approximate surface area is 188 Å². The molecule has 32 heavy (non-hydrogen) atoms. The molecule has 0 aliphatic rings.